The highest BCUT2D eigenvalue weighted by Crippen LogP contribution is 2.41. The fourth-order valence-electron chi connectivity index (χ4n) is 2.37. The van der Waals surface area contributed by atoms with E-state index in [0.717, 1.165) is 11.3 Å². The average Bonchev–Trinajstić information content (AvgIpc) is 2.73. The molecule has 0 saturated carbocycles. The summed E-state index contributed by atoms with van der Waals surface area (Å²) in [7, 11) is 0. The van der Waals surface area contributed by atoms with Crippen molar-refractivity contribution < 1.29 is 9.59 Å². The van der Waals surface area contributed by atoms with E-state index in [9.17, 15) is 9.59 Å². The van der Waals surface area contributed by atoms with Crippen molar-refractivity contribution in [1.82, 2.24) is 5.32 Å². The first kappa shape index (κ1) is 8.47. The van der Waals surface area contributed by atoms with Crippen LogP contribution in [0.1, 0.15) is 12.0 Å². The molecule has 1 unspecified atom stereocenters. The van der Waals surface area contributed by atoms with Crippen LogP contribution in [-0.2, 0) is 15.0 Å². The van der Waals surface area contributed by atoms with Gasteiger partial charge in [0.2, 0.25) is 11.8 Å². The maximum atomic E-state index is 11.9. The number of hydrogen-bond acceptors (Lipinski definition) is 2. The molecule has 2 N–H and O–H groups in total. The van der Waals surface area contributed by atoms with Gasteiger partial charge in [0.1, 0.15) is 5.41 Å². The van der Waals surface area contributed by atoms with Gasteiger partial charge in [0.05, 0.1) is 0 Å². The van der Waals surface area contributed by atoms with Gasteiger partial charge in [-0.1, -0.05) is 18.2 Å². The highest BCUT2D eigenvalue weighted by molar-refractivity contribution is 6.10. The van der Waals surface area contributed by atoms with Crippen molar-refractivity contribution in [3.63, 3.8) is 0 Å². The molecule has 1 spiro atoms. The predicted molar refractivity (Wildman–Crippen MR) is 54.4 cm³/mol. The van der Waals surface area contributed by atoms with Crippen LogP contribution in [-0.4, -0.2) is 18.4 Å². The van der Waals surface area contributed by atoms with E-state index in [1.165, 1.54) is 0 Å². The van der Waals surface area contributed by atoms with Crippen molar-refractivity contribution in [2.75, 3.05) is 11.9 Å². The summed E-state index contributed by atoms with van der Waals surface area (Å²) in [4.78, 5) is 23.2. The Morgan fingerprint density at radius 3 is 2.73 bits per heavy atom. The molecule has 1 aromatic carbocycles. The Hall–Kier alpha value is -1.84. The predicted octanol–water partition coefficient (Wildman–Crippen LogP) is 0.396. The Bertz CT molecular complexity index is 469. The SMILES string of the molecule is O=C1CC2(CN1)C(=O)Nc1ccccc12. The summed E-state index contributed by atoms with van der Waals surface area (Å²) in [6, 6.07) is 7.55. The van der Waals surface area contributed by atoms with Gasteiger partial charge in [-0.15, -0.1) is 0 Å². The molecule has 1 atom stereocenters. The molecule has 2 amide bonds. The van der Waals surface area contributed by atoms with E-state index < -0.39 is 5.41 Å². The molecule has 76 valence electrons. The number of nitrogens with one attached hydrogen (secondary N) is 2. The van der Waals surface area contributed by atoms with E-state index in [-0.39, 0.29) is 18.2 Å². The molecular formula is C11H10N2O2. The largest absolute Gasteiger partial charge is 0.355 e. The molecule has 1 saturated heterocycles. The van der Waals surface area contributed by atoms with Crippen LogP contribution >= 0.6 is 0 Å². The van der Waals surface area contributed by atoms with Gasteiger partial charge >= 0.3 is 0 Å². The molecule has 0 aliphatic carbocycles. The smallest absolute Gasteiger partial charge is 0.237 e. The molecule has 15 heavy (non-hydrogen) atoms. The molecule has 3 rings (SSSR count). The third kappa shape index (κ3) is 0.960. The molecule has 2 heterocycles. The number of carbonyl (C=O) groups is 2. The van der Waals surface area contributed by atoms with Gasteiger partial charge in [-0.3, -0.25) is 9.59 Å². The lowest BCUT2D eigenvalue weighted by atomic mass is 9.81. The van der Waals surface area contributed by atoms with Crippen LogP contribution in [0.25, 0.3) is 0 Å². The first-order valence-corrected chi connectivity index (χ1v) is 4.90. The zero-order valence-electron chi connectivity index (χ0n) is 8.04. The van der Waals surface area contributed by atoms with Gasteiger partial charge in [0, 0.05) is 18.7 Å². The molecule has 0 radical (unpaired) electrons. The second-order valence-corrected chi connectivity index (χ2v) is 4.04. The molecule has 2 aliphatic rings. The molecule has 2 aliphatic heterocycles. The summed E-state index contributed by atoms with van der Waals surface area (Å²) < 4.78 is 0. The number of benzene rings is 1. The van der Waals surface area contributed by atoms with Gasteiger partial charge in [-0.25, -0.2) is 0 Å². The zero-order chi connectivity index (χ0) is 10.5. The fraction of sp³-hybridized carbons (Fsp3) is 0.273. The number of anilines is 1. The topological polar surface area (TPSA) is 58.2 Å². The number of amides is 2. The van der Waals surface area contributed by atoms with E-state index in [0.29, 0.717) is 6.54 Å². The Balaban J connectivity index is 2.17. The first-order chi connectivity index (χ1) is 7.22. The Morgan fingerprint density at radius 1 is 1.20 bits per heavy atom. The molecule has 4 heteroatoms. The quantitative estimate of drug-likeness (QED) is 0.639. The van der Waals surface area contributed by atoms with Crippen molar-refractivity contribution in [3.05, 3.63) is 29.8 Å². The van der Waals surface area contributed by atoms with Gasteiger partial charge in [0.25, 0.3) is 0 Å². The third-order valence-corrected chi connectivity index (χ3v) is 3.18. The van der Waals surface area contributed by atoms with E-state index in [2.05, 4.69) is 10.6 Å². The van der Waals surface area contributed by atoms with E-state index in [1.807, 2.05) is 24.3 Å². The minimum Gasteiger partial charge on any atom is -0.355 e. The van der Waals surface area contributed by atoms with Crippen molar-refractivity contribution >= 4 is 17.5 Å². The summed E-state index contributed by atoms with van der Waals surface area (Å²) in [6.07, 6.45) is 0.260. The molecule has 1 fully saturated rings. The number of carbonyl (C=O) groups excluding carboxylic acids is 2. The van der Waals surface area contributed by atoms with Gasteiger partial charge in [0.15, 0.2) is 0 Å². The summed E-state index contributed by atoms with van der Waals surface area (Å²) in [5, 5.41) is 5.54. The number of fused-ring (bicyclic) bond motifs is 2. The summed E-state index contributed by atoms with van der Waals surface area (Å²) >= 11 is 0. The van der Waals surface area contributed by atoms with Crippen LogP contribution in [0, 0.1) is 0 Å². The van der Waals surface area contributed by atoms with Crippen LogP contribution in [0.15, 0.2) is 24.3 Å². The molecule has 1 aromatic rings. The monoisotopic (exact) mass is 202 g/mol. The Labute approximate surface area is 86.7 Å². The maximum Gasteiger partial charge on any atom is 0.237 e. The first-order valence-electron chi connectivity index (χ1n) is 4.90. The zero-order valence-corrected chi connectivity index (χ0v) is 8.04. The Kier molecular flexibility index (Phi) is 1.46. The minimum atomic E-state index is -0.659. The van der Waals surface area contributed by atoms with E-state index in [4.69, 9.17) is 0 Å². The molecule has 4 nitrogen and oxygen atoms in total. The van der Waals surface area contributed by atoms with Gasteiger partial charge in [-0.05, 0) is 11.6 Å². The number of hydrogen-bond donors (Lipinski definition) is 2. The molecular weight excluding hydrogens is 192 g/mol. The van der Waals surface area contributed by atoms with Crippen molar-refractivity contribution in [3.8, 4) is 0 Å². The van der Waals surface area contributed by atoms with Crippen molar-refractivity contribution in [2.45, 2.75) is 11.8 Å². The van der Waals surface area contributed by atoms with Crippen LogP contribution in [0.3, 0.4) is 0 Å². The summed E-state index contributed by atoms with van der Waals surface area (Å²) in [6.45, 7) is 0.411. The fourth-order valence-corrected chi connectivity index (χ4v) is 2.37. The van der Waals surface area contributed by atoms with Gasteiger partial charge in [-0.2, -0.15) is 0 Å². The second kappa shape index (κ2) is 2.59. The maximum absolute atomic E-state index is 11.9. The normalized spacial score (nSPS) is 27.7. The van der Waals surface area contributed by atoms with Gasteiger partial charge < -0.3 is 10.6 Å². The lowest BCUT2D eigenvalue weighted by Crippen LogP contribution is -2.36. The third-order valence-electron chi connectivity index (χ3n) is 3.18. The molecule has 0 bridgehead atoms. The standard InChI is InChI=1S/C11H10N2O2/c14-9-5-11(6-12-9)7-3-1-2-4-8(7)13-10(11)15/h1-4H,5-6H2,(H,12,14)(H,13,15). The summed E-state index contributed by atoms with van der Waals surface area (Å²) in [5.41, 5.74) is 1.11. The van der Waals surface area contributed by atoms with Crippen LogP contribution in [0.2, 0.25) is 0 Å². The summed E-state index contributed by atoms with van der Waals surface area (Å²) in [5.74, 6) is -0.121. The number of rotatable bonds is 0. The van der Waals surface area contributed by atoms with E-state index >= 15 is 0 Å². The average molecular weight is 202 g/mol. The van der Waals surface area contributed by atoms with Crippen LogP contribution < -0.4 is 10.6 Å². The lowest BCUT2D eigenvalue weighted by molar-refractivity contribution is -0.123. The second-order valence-electron chi connectivity index (χ2n) is 4.04. The molecule has 0 aromatic heterocycles. The van der Waals surface area contributed by atoms with Crippen molar-refractivity contribution in [2.24, 2.45) is 0 Å². The van der Waals surface area contributed by atoms with Crippen LogP contribution in [0.4, 0.5) is 5.69 Å². The highest BCUT2D eigenvalue weighted by Gasteiger charge is 2.51. The number of para-hydroxylation sites is 1. The van der Waals surface area contributed by atoms with Crippen LogP contribution in [0.5, 0.6) is 0 Å². The Morgan fingerprint density at radius 2 is 2.00 bits per heavy atom. The minimum absolute atomic E-state index is 0.0538. The van der Waals surface area contributed by atoms with Crippen molar-refractivity contribution in [1.29, 1.82) is 0 Å². The highest BCUT2D eigenvalue weighted by atomic mass is 16.2. The lowest BCUT2D eigenvalue weighted by Gasteiger charge is -2.17. The van der Waals surface area contributed by atoms with E-state index in [1.54, 1.807) is 0 Å².